The minimum atomic E-state index is -0.536. The minimum absolute atomic E-state index is 0.0420. The molecule has 0 radical (unpaired) electrons. The van der Waals surface area contributed by atoms with Crippen LogP contribution in [-0.2, 0) is 0 Å². The van der Waals surface area contributed by atoms with Crippen molar-refractivity contribution in [1.82, 2.24) is 0 Å². The highest BCUT2D eigenvalue weighted by atomic mass is 35.5. The molecule has 0 aromatic heterocycles. The molecule has 3 nitrogen and oxygen atoms in total. The van der Waals surface area contributed by atoms with Gasteiger partial charge in [-0.15, -0.1) is 0 Å². The lowest BCUT2D eigenvalue weighted by Crippen LogP contribution is -2.20. The second kappa shape index (κ2) is 6.74. The Labute approximate surface area is 133 Å². The summed E-state index contributed by atoms with van der Waals surface area (Å²) >= 11 is 10.9. The van der Waals surface area contributed by atoms with Crippen LogP contribution in [0.3, 0.4) is 0 Å². The van der Waals surface area contributed by atoms with Crippen LogP contribution in [-0.4, -0.2) is 12.2 Å². The van der Waals surface area contributed by atoms with E-state index < -0.39 is 5.82 Å². The molecule has 0 aliphatic rings. The Morgan fingerprint density at radius 3 is 2.62 bits per heavy atom. The van der Waals surface area contributed by atoms with Crippen LogP contribution in [0.1, 0.15) is 5.56 Å². The fourth-order valence-electron chi connectivity index (χ4n) is 1.74. The smallest absolute Gasteiger partial charge is 0.175 e. The fourth-order valence-corrected chi connectivity index (χ4v) is 2.13. The Hall–Kier alpha value is -1.85. The monoisotopic (exact) mass is 324 g/mol. The number of hydrogen-bond donors (Lipinski definition) is 2. The van der Waals surface area contributed by atoms with E-state index in [2.05, 4.69) is 10.6 Å². The SMILES string of the molecule is COc1ccc(C)c(NC(=S)Nc2cccc(Cl)c2F)c1. The van der Waals surface area contributed by atoms with Crippen LogP contribution >= 0.6 is 23.8 Å². The number of methoxy groups -OCH3 is 1. The molecule has 110 valence electrons. The molecule has 0 fully saturated rings. The number of anilines is 2. The number of aryl methyl sites for hydroxylation is 1. The number of benzene rings is 2. The summed E-state index contributed by atoms with van der Waals surface area (Å²) in [6.07, 6.45) is 0. The molecule has 6 heteroatoms. The van der Waals surface area contributed by atoms with Gasteiger partial charge in [-0.1, -0.05) is 23.7 Å². The Balaban J connectivity index is 2.13. The first-order valence-electron chi connectivity index (χ1n) is 6.18. The second-order valence-corrected chi connectivity index (χ2v) is 5.18. The highest BCUT2D eigenvalue weighted by Crippen LogP contribution is 2.24. The van der Waals surface area contributed by atoms with Gasteiger partial charge >= 0.3 is 0 Å². The van der Waals surface area contributed by atoms with Crippen molar-refractivity contribution < 1.29 is 9.13 Å². The largest absolute Gasteiger partial charge is 0.497 e. The maximum atomic E-state index is 13.8. The molecule has 0 aliphatic heterocycles. The highest BCUT2D eigenvalue weighted by molar-refractivity contribution is 7.80. The molecule has 0 saturated carbocycles. The average Bonchev–Trinajstić information content (AvgIpc) is 2.46. The van der Waals surface area contributed by atoms with E-state index in [9.17, 15) is 4.39 Å². The van der Waals surface area contributed by atoms with Crippen LogP contribution in [0.4, 0.5) is 15.8 Å². The van der Waals surface area contributed by atoms with Crippen LogP contribution in [0.5, 0.6) is 5.75 Å². The van der Waals surface area contributed by atoms with Crippen molar-refractivity contribution in [2.45, 2.75) is 6.92 Å². The molecular formula is C15H14ClFN2OS. The molecule has 0 heterocycles. The number of halogens is 2. The Morgan fingerprint density at radius 1 is 1.19 bits per heavy atom. The summed E-state index contributed by atoms with van der Waals surface area (Å²) in [6, 6.07) is 10.3. The van der Waals surface area contributed by atoms with Crippen molar-refractivity contribution in [1.29, 1.82) is 0 Å². The maximum absolute atomic E-state index is 13.8. The Kier molecular flexibility index (Phi) is 4.98. The summed E-state index contributed by atoms with van der Waals surface area (Å²) in [4.78, 5) is 0. The van der Waals surface area contributed by atoms with Gasteiger partial charge in [0.15, 0.2) is 10.9 Å². The molecule has 0 bridgehead atoms. The van der Waals surface area contributed by atoms with E-state index in [1.165, 1.54) is 6.07 Å². The van der Waals surface area contributed by atoms with Crippen molar-refractivity contribution in [3.05, 3.63) is 52.8 Å². The quantitative estimate of drug-likeness (QED) is 0.808. The van der Waals surface area contributed by atoms with Gasteiger partial charge in [0.2, 0.25) is 0 Å². The van der Waals surface area contributed by atoms with E-state index in [1.807, 2.05) is 25.1 Å². The molecule has 0 aliphatic carbocycles. The molecule has 0 unspecified atom stereocenters. The Morgan fingerprint density at radius 2 is 1.90 bits per heavy atom. The number of thiocarbonyl (C=S) groups is 1. The third kappa shape index (κ3) is 3.83. The summed E-state index contributed by atoms with van der Waals surface area (Å²) in [5, 5.41) is 6.11. The van der Waals surface area contributed by atoms with Crippen LogP contribution in [0, 0.1) is 12.7 Å². The third-order valence-corrected chi connectivity index (χ3v) is 3.39. The highest BCUT2D eigenvalue weighted by Gasteiger charge is 2.09. The van der Waals surface area contributed by atoms with Gasteiger partial charge in [-0.25, -0.2) is 4.39 Å². The number of hydrogen-bond acceptors (Lipinski definition) is 2. The van der Waals surface area contributed by atoms with Gasteiger partial charge in [-0.2, -0.15) is 0 Å². The van der Waals surface area contributed by atoms with Crippen molar-refractivity contribution in [2.75, 3.05) is 17.7 Å². The lowest BCUT2D eigenvalue weighted by molar-refractivity contribution is 0.415. The van der Waals surface area contributed by atoms with Gasteiger partial charge in [0.25, 0.3) is 0 Å². The molecule has 0 atom stereocenters. The van der Waals surface area contributed by atoms with Gasteiger partial charge in [0.05, 0.1) is 17.8 Å². The molecule has 0 saturated heterocycles. The average molecular weight is 325 g/mol. The first kappa shape index (κ1) is 15.5. The van der Waals surface area contributed by atoms with Gasteiger partial charge in [0.1, 0.15) is 5.75 Å². The van der Waals surface area contributed by atoms with E-state index in [4.69, 9.17) is 28.6 Å². The van der Waals surface area contributed by atoms with Crippen LogP contribution < -0.4 is 15.4 Å². The van der Waals surface area contributed by atoms with E-state index in [0.717, 1.165) is 11.3 Å². The summed E-state index contributed by atoms with van der Waals surface area (Å²) in [5.74, 6) is 0.172. The zero-order valence-electron chi connectivity index (χ0n) is 11.5. The topological polar surface area (TPSA) is 33.3 Å². The summed E-state index contributed by atoms with van der Waals surface area (Å²) in [7, 11) is 1.59. The fraction of sp³-hybridized carbons (Fsp3) is 0.133. The first-order chi connectivity index (χ1) is 10.0. The van der Waals surface area contributed by atoms with Crippen LogP contribution in [0.2, 0.25) is 5.02 Å². The van der Waals surface area contributed by atoms with Gasteiger partial charge in [0, 0.05) is 11.8 Å². The van der Waals surface area contributed by atoms with Crippen molar-refractivity contribution in [2.24, 2.45) is 0 Å². The van der Waals surface area contributed by atoms with Crippen LogP contribution in [0.15, 0.2) is 36.4 Å². The molecule has 2 rings (SSSR count). The van der Waals surface area contributed by atoms with E-state index in [1.54, 1.807) is 19.2 Å². The third-order valence-electron chi connectivity index (χ3n) is 2.89. The standard InChI is InChI=1S/C15H14ClFN2OS/c1-9-6-7-10(20-2)8-13(9)19-15(21)18-12-5-3-4-11(16)14(12)17/h3-8H,1-2H3,(H2,18,19,21). The lowest BCUT2D eigenvalue weighted by Gasteiger charge is -2.14. The predicted molar refractivity (Wildman–Crippen MR) is 89.0 cm³/mol. The molecule has 2 aromatic rings. The molecule has 0 amide bonds. The van der Waals surface area contributed by atoms with Gasteiger partial charge in [-0.3, -0.25) is 0 Å². The summed E-state index contributed by atoms with van der Waals surface area (Å²) in [5.41, 5.74) is 2.00. The number of ether oxygens (including phenoxy) is 1. The van der Waals surface area contributed by atoms with E-state index >= 15 is 0 Å². The molecule has 0 spiro atoms. The van der Waals surface area contributed by atoms with E-state index in [-0.39, 0.29) is 15.8 Å². The molecule has 2 N–H and O–H groups in total. The van der Waals surface area contributed by atoms with Crippen molar-refractivity contribution >= 4 is 40.3 Å². The molecule has 2 aromatic carbocycles. The normalized spacial score (nSPS) is 10.1. The van der Waals surface area contributed by atoms with Crippen molar-refractivity contribution in [3.8, 4) is 5.75 Å². The molecular weight excluding hydrogens is 311 g/mol. The first-order valence-corrected chi connectivity index (χ1v) is 6.96. The zero-order valence-corrected chi connectivity index (χ0v) is 13.1. The maximum Gasteiger partial charge on any atom is 0.175 e. The summed E-state index contributed by atoms with van der Waals surface area (Å²) < 4.78 is 19.0. The number of rotatable bonds is 3. The minimum Gasteiger partial charge on any atom is -0.497 e. The van der Waals surface area contributed by atoms with Gasteiger partial charge < -0.3 is 15.4 Å². The van der Waals surface area contributed by atoms with Crippen LogP contribution in [0.25, 0.3) is 0 Å². The lowest BCUT2D eigenvalue weighted by atomic mass is 10.2. The molecule has 21 heavy (non-hydrogen) atoms. The van der Waals surface area contributed by atoms with Crippen molar-refractivity contribution in [3.63, 3.8) is 0 Å². The number of nitrogens with one attached hydrogen (secondary N) is 2. The van der Waals surface area contributed by atoms with E-state index in [0.29, 0.717) is 5.75 Å². The summed E-state index contributed by atoms with van der Waals surface area (Å²) in [6.45, 7) is 1.93. The Bertz CT molecular complexity index is 679. The zero-order chi connectivity index (χ0) is 15.4. The second-order valence-electron chi connectivity index (χ2n) is 4.36. The predicted octanol–water partition coefficient (Wildman–Crippen LogP) is 4.61. The van der Waals surface area contributed by atoms with Gasteiger partial charge in [-0.05, 0) is 42.9 Å².